The summed E-state index contributed by atoms with van der Waals surface area (Å²) in [5, 5.41) is 3.95. The number of halogens is 3. The van der Waals surface area contributed by atoms with Crippen LogP contribution in [0.25, 0.3) is 11.3 Å². The molecule has 0 bridgehead atoms. The first-order valence-electron chi connectivity index (χ1n) is 7.33. The third-order valence-electron chi connectivity index (χ3n) is 3.45. The van der Waals surface area contributed by atoms with E-state index in [0.29, 0.717) is 17.0 Å². The molecule has 2 aromatic carbocycles. The van der Waals surface area contributed by atoms with Crippen molar-refractivity contribution in [2.75, 3.05) is 0 Å². The average Bonchev–Trinajstić information content (AvgIpc) is 3.06. The van der Waals surface area contributed by atoms with E-state index in [1.54, 1.807) is 18.2 Å². The third-order valence-corrected chi connectivity index (χ3v) is 3.81. The lowest BCUT2D eigenvalue weighted by Gasteiger charge is -2.05. The highest BCUT2D eigenvalue weighted by Gasteiger charge is 2.14. The summed E-state index contributed by atoms with van der Waals surface area (Å²) >= 11 is 5.87. The summed E-state index contributed by atoms with van der Waals surface area (Å²) in [4.78, 5) is 11.9. The minimum absolute atomic E-state index is 0.0846. The highest BCUT2D eigenvalue weighted by atomic mass is 35.5. The lowest BCUT2D eigenvalue weighted by atomic mass is 10.1. The smallest absolute Gasteiger partial charge is 0.310 e. The van der Waals surface area contributed by atoms with Crippen molar-refractivity contribution < 1.29 is 22.8 Å². The molecule has 0 spiro atoms. The van der Waals surface area contributed by atoms with Gasteiger partial charge >= 0.3 is 5.97 Å². The van der Waals surface area contributed by atoms with E-state index >= 15 is 0 Å². The SMILES string of the molecule is O=C(Cc1c(F)cccc1Cl)OCc1cc(-c2ccc(F)cc2)on1. The molecule has 0 aliphatic carbocycles. The molecule has 0 unspecified atom stereocenters. The summed E-state index contributed by atoms with van der Waals surface area (Å²) in [7, 11) is 0. The standard InChI is InChI=1S/C18H12ClF2NO3/c19-15-2-1-3-16(21)14(15)9-18(23)24-10-13-8-17(25-22-13)11-4-6-12(20)7-5-11/h1-8H,9-10H2. The van der Waals surface area contributed by atoms with Crippen molar-refractivity contribution in [2.45, 2.75) is 13.0 Å². The van der Waals surface area contributed by atoms with Crippen molar-refractivity contribution in [2.24, 2.45) is 0 Å². The predicted molar refractivity (Wildman–Crippen MR) is 86.8 cm³/mol. The second kappa shape index (κ2) is 7.44. The summed E-state index contributed by atoms with van der Waals surface area (Å²) in [6, 6.07) is 11.5. The molecule has 3 rings (SSSR count). The molecule has 0 radical (unpaired) electrons. The largest absolute Gasteiger partial charge is 0.459 e. The van der Waals surface area contributed by atoms with Crippen molar-refractivity contribution in [3.63, 3.8) is 0 Å². The maximum Gasteiger partial charge on any atom is 0.310 e. The Kier molecular flexibility index (Phi) is 5.09. The molecule has 0 saturated carbocycles. The summed E-state index contributed by atoms with van der Waals surface area (Å²) < 4.78 is 36.8. The summed E-state index contributed by atoms with van der Waals surface area (Å²) in [6.45, 7) is -0.129. The quantitative estimate of drug-likeness (QED) is 0.624. The number of aromatic nitrogens is 1. The molecule has 0 atom stereocenters. The maximum atomic E-state index is 13.6. The van der Waals surface area contributed by atoms with Crippen LogP contribution in [-0.2, 0) is 22.6 Å². The molecule has 0 fully saturated rings. The Balaban J connectivity index is 1.60. The van der Waals surface area contributed by atoms with Crippen molar-refractivity contribution in [1.82, 2.24) is 5.16 Å². The van der Waals surface area contributed by atoms with Gasteiger partial charge in [-0.2, -0.15) is 0 Å². The minimum atomic E-state index is -0.640. The minimum Gasteiger partial charge on any atom is -0.459 e. The van der Waals surface area contributed by atoms with Gasteiger partial charge in [-0.15, -0.1) is 0 Å². The van der Waals surface area contributed by atoms with Gasteiger partial charge in [-0.25, -0.2) is 8.78 Å². The molecule has 25 heavy (non-hydrogen) atoms. The van der Waals surface area contributed by atoms with E-state index < -0.39 is 11.8 Å². The number of ether oxygens (including phenoxy) is 1. The number of hydrogen-bond donors (Lipinski definition) is 0. The van der Waals surface area contributed by atoms with Gasteiger partial charge in [0.2, 0.25) is 0 Å². The number of esters is 1. The van der Waals surface area contributed by atoms with Crippen molar-refractivity contribution >= 4 is 17.6 Å². The Morgan fingerprint density at radius 2 is 1.92 bits per heavy atom. The fraction of sp³-hybridized carbons (Fsp3) is 0.111. The Labute approximate surface area is 147 Å². The monoisotopic (exact) mass is 363 g/mol. The second-order valence-corrected chi connectivity index (χ2v) is 5.63. The topological polar surface area (TPSA) is 52.3 Å². The molecular weight excluding hydrogens is 352 g/mol. The molecule has 3 aromatic rings. The Morgan fingerprint density at radius 1 is 1.16 bits per heavy atom. The number of hydrogen-bond acceptors (Lipinski definition) is 4. The zero-order chi connectivity index (χ0) is 17.8. The molecule has 4 nitrogen and oxygen atoms in total. The van der Waals surface area contributed by atoms with Crippen LogP contribution in [-0.4, -0.2) is 11.1 Å². The molecule has 1 aromatic heterocycles. The van der Waals surface area contributed by atoms with Gasteiger partial charge in [-0.1, -0.05) is 22.8 Å². The molecule has 7 heteroatoms. The number of nitrogens with zero attached hydrogens (tertiary/aromatic N) is 1. The van der Waals surface area contributed by atoms with Gasteiger partial charge in [0.15, 0.2) is 5.76 Å². The summed E-state index contributed by atoms with van der Waals surface area (Å²) in [6.07, 6.45) is -0.284. The van der Waals surface area contributed by atoms with E-state index in [9.17, 15) is 13.6 Å². The van der Waals surface area contributed by atoms with Crippen LogP contribution in [0.3, 0.4) is 0 Å². The second-order valence-electron chi connectivity index (χ2n) is 5.23. The van der Waals surface area contributed by atoms with Gasteiger partial charge in [0.05, 0.1) is 6.42 Å². The number of carbonyl (C=O) groups is 1. The zero-order valence-corrected chi connectivity index (χ0v) is 13.6. The van der Waals surface area contributed by atoms with Crippen LogP contribution in [0.1, 0.15) is 11.3 Å². The van der Waals surface area contributed by atoms with E-state index in [2.05, 4.69) is 5.16 Å². The lowest BCUT2D eigenvalue weighted by molar-refractivity contribution is -0.144. The summed E-state index contributed by atoms with van der Waals surface area (Å²) in [5.41, 5.74) is 1.11. The van der Waals surface area contributed by atoms with E-state index in [0.717, 1.165) is 0 Å². The lowest BCUT2D eigenvalue weighted by Crippen LogP contribution is -2.09. The average molecular weight is 364 g/mol. The molecular formula is C18H12ClF2NO3. The van der Waals surface area contributed by atoms with E-state index in [-0.39, 0.29) is 29.4 Å². The Bertz CT molecular complexity index is 873. The van der Waals surface area contributed by atoms with E-state index in [1.807, 2.05) is 0 Å². The van der Waals surface area contributed by atoms with E-state index in [4.69, 9.17) is 20.9 Å². The number of carbonyl (C=O) groups excluding carboxylic acids is 1. The first-order chi connectivity index (χ1) is 12.0. The third kappa shape index (κ3) is 4.22. The molecule has 0 amide bonds. The van der Waals surface area contributed by atoms with Crippen LogP contribution in [0.5, 0.6) is 0 Å². The zero-order valence-electron chi connectivity index (χ0n) is 12.8. The first-order valence-corrected chi connectivity index (χ1v) is 7.71. The molecule has 0 aliphatic heterocycles. The number of benzene rings is 2. The fourth-order valence-electron chi connectivity index (χ4n) is 2.18. The molecule has 0 N–H and O–H groups in total. The van der Waals surface area contributed by atoms with Gasteiger partial charge in [-0.05, 0) is 36.4 Å². The van der Waals surface area contributed by atoms with E-state index in [1.165, 1.54) is 30.3 Å². The fourth-order valence-corrected chi connectivity index (χ4v) is 2.41. The molecule has 0 saturated heterocycles. The Hall–Kier alpha value is -2.73. The van der Waals surface area contributed by atoms with Gasteiger partial charge in [-0.3, -0.25) is 4.79 Å². The van der Waals surface area contributed by atoms with Crippen LogP contribution in [0.15, 0.2) is 53.1 Å². The first kappa shape index (κ1) is 17.1. The van der Waals surface area contributed by atoms with Crippen molar-refractivity contribution in [3.05, 3.63) is 76.4 Å². The van der Waals surface area contributed by atoms with Crippen molar-refractivity contribution in [3.8, 4) is 11.3 Å². The Morgan fingerprint density at radius 3 is 2.64 bits per heavy atom. The van der Waals surface area contributed by atoms with Crippen LogP contribution in [0.2, 0.25) is 5.02 Å². The highest BCUT2D eigenvalue weighted by molar-refractivity contribution is 6.31. The van der Waals surface area contributed by atoms with Crippen LogP contribution in [0, 0.1) is 11.6 Å². The van der Waals surface area contributed by atoms with Gasteiger partial charge in [0.1, 0.15) is 23.9 Å². The van der Waals surface area contributed by atoms with Gasteiger partial charge < -0.3 is 9.26 Å². The molecule has 128 valence electrons. The molecule has 0 aliphatic rings. The summed E-state index contributed by atoms with van der Waals surface area (Å²) in [5.74, 6) is -1.14. The normalized spacial score (nSPS) is 10.7. The number of rotatable bonds is 5. The van der Waals surface area contributed by atoms with Gasteiger partial charge in [0.25, 0.3) is 0 Å². The van der Waals surface area contributed by atoms with Crippen molar-refractivity contribution in [1.29, 1.82) is 0 Å². The highest BCUT2D eigenvalue weighted by Crippen LogP contribution is 2.22. The van der Waals surface area contributed by atoms with Gasteiger partial charge in [0, 0.05) is 22.2 Å². The predicted octanol–water partition coefficient (Wildman–Crippen LogP) is 4.56. The van der Waals surface area contributed by atoms with Crippen LogP contribution >= 0.6 is 11.6 Å². The maximum absolute atomic E-state index is 13.6. The molecule has 1 heterocycles. The van der Waals surface area contributed by atoms with Crippen LogP contribution in [0.4, 0.5) is 8.78 Å². The van der Waals surface area contributed by atoms with Crippen LogP contribution < -0.4 is 0 Å².